The Labute approximate surface area is 104 Å². The van der Waals surface area contributed by atoms with E-state index >= 15 is 0 Å². The van der Waals surface area contributed by atoms with Gasteiger partial charge in [0.25, 0.3) is 5.91 Å². The molecule has 0 unspecified atom stereocenters. The average Bonchev–Trinajstić information content (AvgIpc) is 2.26. The summed E-state index contributed by atoms with van der Waals surface area (Å²) in [4.78, 5) is 15.8. The monoisotopic (exact) mass is 255 g/mol. The molecule has 1 aromatic heterocycles. The number of pyridine rings is 1. The molecule has 0 spiro atoms. The van der Waals surface area contributed by atoms with Crippen LogP contribution in [0, 0.1) is 0 Å². The van der Waals surface area contributed by atoms with E-state index < -0.39 is 5.54 Å². The molecule has 0 radical (unpaired) electrons. The van der Waals surface area contributed by atoms with E-state index in [9.17, 15) is 9.90 Å². The Hall–Kier alpha value is -1.33. The second kappa shape index (κ2) is 4.50. The summed E-state index contributed by atoms with van der Waals surface area (Å²) < 4.78 is 0. The van der Waals surface area contributed by atoms with Gasteiger partial charge in [0.1, 0.15) is 5.15 Å². The number of anilines is 1. The van der Waals surface area contributed by atoms with Gasteiger partial charge in [0.2, 0.25) is 0 Å². The average molecular weight is 256 g/mol. The van der Waals surface area contributed by atoms with Crippen molar-refractivity contribution in [2.45, 2.75) is 24.8 Å². The summed E-state index contributed by atoms with van der Waals surface area (Å²) in [5.41, 5.74) is 5.69. The highest BCUT2D eigenvalue weighted by molar-refractivity contribution is 6.32. The number of amides is 1. The number of aliphatic hydroxyl groups excluding tert-OH is 1. The summed E-state index contributed by atoms with van der Waals surface area (Å²) in [6.45, 7) is -0.0634. The van der Waals surface area contributed by atoms with E-state index in [1.807, 2.05) is 0 Å². The Morgan fingerprint density at radius 1 is 1.65 bits per heavy atom. The van der Waals surface area contributed by atoms with Crippen LogP contribution >= 0.6 is 11.6 Å². The molecule has 1 heterocycles. The number of rotatable bonds is 3. The fourth-order valence-electron chi connectivity index (χ4n) is 1.86. The molecule has 1 saturated carbocycles. The predicted octanol–water partition coefficient (Wildman–Crippen LogP) is 0.962. The summed E-state index contributed by atoms with van der Waals surface area (Å²) in [6, 6.07) is 1.48. The lowest BCUT2D eigenvalue weighted by Gasteiger charge is -2.40. The van der Waals surface area contributed by atoms with Gasteiger partial charge in [-0.05, 0) is 25.3 Å². The second-order valence-corrected chi connectivity index (χ2v) is 4.71. The summed E-state index contributed by atoms with van der Waals surface area (Å²) in [7, 11) is 0. The van der Waals surface area contributed by atoms with E-state index in [4.69, 9.17) is 17.3 Å². The predicted molar refractivity (Wildman–Crippen MR) is 64.8 cm³/mol. The van der Waals surface area contributed by atoms with Crippen molar-refractivity contribution in [1.29, 1.82) is 0 Å². The van der Waals surface area contributed by atoms with Crippen LogP contribution in [0.3, 0.4) is 0 Å². The van der Waals surface area contributed by atoms with Crippen LogP contribution in [0.1, 0.15) is 29.6 Å². The van der Waals surface area contributed by atoms with Gasteiger partial charge in [-0.25, -0.2) is 4.98 Å². The minimum Gasteiger partial charge on any atom is -0.397 e. The van der Waals surface area contributed by atoms with Crippen LogP contribution in [0.25, 0.3) is 0 Å². The van der Waals surface area contributed by atoms with Crippen molar-refractivity contribution < 1.29 is 9.90 Å². The number of carbonyl (C=O) groups excluding carboxylic acids is 1. The summed E-state index contributed by atoms with van der Waals surface area (Å²) >= 11 is 5.83. The standard InChI is InChI=1S/C11H14ClN3O2/c12-9-8(4-7(13)5-14-9)10(17)15-11(6-16)2-1-3-11/h4-5,16H,1-3,6,13H2,(H,15,17). The Morgan fingerprint density at radius 3 is 2.88 bits per heavy atom. The van der Waals surface area contributed by atoms with Crippen LogP contribution in [0.15, 0.2) is 12.3 Å². The third-order valence-corrected chi connectivity index (χ3v) is 3.40. The first-order valence-electron chi connectivity index (χ1n) is 5.41. The molecule has 0 bridgehead atoms. The molecule has 0 atom stereocenters. The number of hydrogen-bond acceptors (Lipinski definition) is 4. The Kier molecular flexibility index (Phi) is 3.22. The lowest BCUT2D eigenvalue weighted by Crippen LogP contribution is -2.56. The van der Waals surface area contributed by atoms with E-state index in [0.717, 1.165) is 19.3 Å². The molecule has 92 valence electrons. The molecular weight excluding hydrogens is 242 g/mol. The highest BCUT2D eigenvalue weighted by Crippen LogP contribution is 2.31. The van der Waals surface area contributed by atoms with Gasteiger partial charge in [-0.15, -0.1) is 0 Å². The largest absolute Gasteiger partial charge is 0.397 e. The number of halogens is 1. The highest BCUT2D eigenvalue weighted by Gasteiger charge is 2.38. The van der Waals surface area contributed by atoms with E-state index in [-0.39, 0.29) is 23.2 Å². The number of nitrogens with zero attached hydrogens (tertiary/aromatic N) is 1. The van der Waals surface area contributed by atoms with Crippen LogP contribution in [0.5, 0.6) is 0 Å². The second-order valence-electron chi connectivity index (χ2n) is 4.35. The van der Waals surface area contributed by atoms with Crippen molar-refractivity contribution in [1.82, 2.24) is 10.3 Å². The molecule has 5 nitrogen and oxygen atoms in total. The van der Waals surface area contributed by atoms with Gasteiger partial charge in [0.05, 0.1) is 29.6 Å². The minimum atomic E-state index is -0.495. The number of aromatic nitrogens is 1. The van der Waals surface area contributed by atoms with Crippen molar-refractivity contribution in [2.24, 2.45) is 0 Å². The fourth-order valence-corrected chi connectivity index (χ4v) is 2.05. The molecule has 1 amide bonds. The minimum absolute atomic E-state index is 0.0634. The molecule has 0 aromatic carbocycles. The number of nitrogen functional groups attached to an aromatic ring is 1. The highest BCUT2D eigenvalue weighted by atomic mass is 35.5. The zero-order valence-electron chi connectivity index (χ0n) is 9.24. The number of aliphatic hydroxyl groups is 1. The van der Waals surface area contributed by atoms with E-state index in [2.05, 4.69) is 10.3 Å². The van der Waals surface area contributed by atoms with Crippen LogP contribution in [-0.2, 0) is 0 Å². The van der Waals surface area contributed by atoms with Gasteiger partial charge in [-0.1, -0.05) is 11.6 Å². The van der Waals surface area contributed by atoms with E-state index in [1.54, 1.807) is 0 Å². The van der Waals surface area contributed by atoms with Crippen LogP contribution < -0.4 is 11.1 Å². The van der Waals surface area contributed by atoms with Gasteiger partial charge in [-0.2, -0.15) is 0 Å². The maximum absolute atomic E-state index is 12.0. The molecule has 4 N–H and O–H groups in total. The first kappa shape index (κ1) is 12.1. The lowest BCUT2D eigenvalue weighted by molar-refractivity contribution is 0.0641. The zero-order valence-corrected chi connectivity index (χ0v) is 10.00. The molecule has 6 heteroatoms. The topological polar surface area (TPSA) is 88.2 Å². The molecular formula is C11H14ClN3O2. The van der Waals surface area contributed by atoms with Gasteiger partial charge in [0.15, 0.2) is 0 Å². The number of carbonyl (C=O) groups is 1. The first-order chi connectivity index (χ1) is 8.06. The normalized spacial score (nSPS) is 17.3. The Bertz CT molecular complexity index is 441. The molecule has 0 saturated heterocycles. The van der Waals surface area contributed by atoms with Crippen LogP contribution in [-0.4, -0.2) is 28.1 Å². The van der Waals surface area contributed by atoms with Crippen molar-refractivity contribution in [3.05, 3.63) is 23.0 Å². The molecule has 2 rings (SSSR count). The van der Waals surface area contributed by atoms with Crippen LogP contribution in [0.2, 0.25) is 5.15 Å². The quantitative estimate of drug-likeness (QED) is 0.702. The smallest absolute Gasteiger partial charge is 0.254 e. The van der Waals surface area contributed by atoms with E-state index in [1.165, 1.54) is 12.3 Å². The number of nitrogens with two attached hydrogens (primary N) is 1. The van der Waals surface area contributed by atoms with Crippen molar-refractivity contribution in [3.63, 3.8) is 0 Å². The van der Waals surface area contributed by atoms with Crippen molar-refractivity contribution in [3.8, 4) is 0 Å². The maximum Gasteiger partial charge on any atom is 0.254 e. The zero-order chi connectivity index (χ0) is 12.5. The van der Waals surface area contributed by atoms with Crippen LogP contribution in [0.4, 0.5) is 5.69 Å². The van der Waals surface area contributed by atoms with Gasteiger partial charge in [0, 0.05) is 0 Å². The summed E-state index contributed by atoms with van der Waals surface area (Å²) in [6.07, 6.45) is 3.96. The van der Waals surface area contributed by atoms with Crippen molar-refractivity contribution in [2.75, 3.05) is 12.3 Å². The molecule has 1 aromatic rings. The van der Waals surface area contributed by atoms with Gasteiger partial charge < -0.3 is 16.2 Å². The third kappa shape index (κ3) is 2.35. The summed E-state index contributed by atoms with van der Waals surface area (Å²) in [5, 5.41) is 12.2. The molecule has 1 fully saturated rings. The number of nitrogens with one attached hydrogen (secondary N) is 1. The number of hydrogen-bond donors (Lipinski definition) is 3. The van der Waals surface area contributed by atoms with Crippen molar-refractivity contribution >= 4 is 23.2 Å². The van der Waals surface area contributed by atoms with E-state index in [0.29, 0.717) is 5.69 Å². The Morgan fingerprint density at radius 2 is 2.35 bits per heavy atom. The van der Waals surface area contributed by atoms with Gasteiger partial charge >= 0.3 is 0 Å². The first-order valence-corrected chi connectivity index (χ1v) is 5.78. The summed E-state index contributed by atoms with van der Waals surface area (Å²) in [5.74, 6) is -0.344. The third-order valence-electron chi connectivity index (χ3n) is 3.10. The molecule has 1 aliphatic carbocycles. The molecule has 17 heavy (non-hydrogen) atoms. The SMILES string of the molecule is Nc1cnc(Cl)c(C(=O)NC2(CO)CCC2)c1. The Balaban J connectivity index is 2.17. The maximum atomic E-state index is 12.0. The van der Waals surface area contributed by atoms with Gasteiger partial charge in [-0.3, -0.25) is 4.79 Å². The molecule has 0 aliphatic heterocycles. The molecule has 1 aliphatic rings. The lowest BCUT2D eigenvalue weighted by atomic mass is 9.77. The fraction of sp³-hybridized carbons (Fsp3) is 0.455.